The maximum Gasteiger partial charge on any atom is 0.256 e. The average Bonchev–Trinajstić information content (AvgIpc) is 3.21. The van der Waals surface area contributed by atoms with Crippen LogP contribution in [0.2, 0.25) is 0 Å². The second-order valence-corrected chi connectivity index (χ2v) is 9.84. The minimum Gasteiger partial charge on any atom is -0.475 e. The van der Waals surface area contributed by atoms with Gasteiger partial charge in [-0.25, -0.2) is 18.4 Å². The number of thiazole rings is 1. The summed E-state index contributed by atoms with van der Waals surface area (Å²) in [5.41, 5.74) is 0.737. The fourth-order valence-electron chi connectivity index (χ4n) is 2.65. The molecule has 11 heteroatoms. The molecule has 0 saturated heterocycles. The second-order valence-electron chi connectivity index (χ2n) is 6.63. The van der Waals surface area contributed by atoms with Crippen molar-refractivity contribution < 1.29 is 22.3 Å². The molecule has 8 nitrogen and oxygen atoms in total. The van der Waals surface area contributed by atoms with Crippen molar-refractivity contribution in [3.8, 4) is 5.88 Å². The molecular weight excluding hydrogens is 443 g/mol. The smallest absolute Gasteiger partial charge is 0.256 e. The molecule has 0 radical (unpaired) electrons. The van der Waals surface area contributed by atoms with Gasteiger partial charge < -0.3 is 14.8 Å². The number of halogens is 1. The summed E-state index contributed by atoms with van der Waals surface area (Å²) < 4.78 is 51.1. The van der Waals surface area contributed by atoms with Gasteiger partial charge in [-0.2, -0.15) is 9.37 Å². The molecular formula is C20H23FN4O4S2. The summed E-state index contributed by atoms with van der Waals surface area (Å²) in [6, 6.07) is 6.50. The number of hydrogen-bond acceptors (Lipinski definition) is 9. The lowest BCUT2D eigenvalue weighted by Crippen LogP contribution is -2.07. The minimum absolute atomic E-state index is 0.0233. The number of sulfone groups is 1. The first kappa shape index (κ1) is 23.0. The summed E-state index contributed by atoms with van der Waals surface area (Å²) in [7, 11) is -2.25. The van der Waals surface area contributed by atoms with Crippen molar-refractivity contribution in [1.82, 2.24) is 15.0 Å². The summed E-state index contributed by atoms with van der Waals surface area (Å²) >= 11 is 0.881. The lowest BCUT2D eigenvalue weighted by Gasteiger charge is -2.10. The van der Waals surface area contributed by atoms with E-state index in [-0.39, 0.29) is 25.9 Å². The number of anilines is 2. The monoisotopic (exact) mass is 466 g/mol. The Hall–Kier alpha value is -2.63. The van der Waals surface area contributed by atoms with Gasteiger partial charge in [-0.15, -0.1) is 0 Å². The number of benzene rings is 1. The minimum atomic E-state index is -3.78. The SMILES string of the molecule is CCCCOc1nc(C)nc(Nc2ncc(S(=O)(=O)c3cccc(COC)c3)s2)c1F. The molecule has 0 bridgehead atoms. The van der Waals surface area contributed by atoms with Gasteiger partial charge in [-0.3, -0.25) is 0 Å². The van der Waals surface area contributed by atoms with E-state index in [0.717, 1.165) is 29.7 Å². The summed E-state index contributed by atoms with van der Waals surface area (Å²) in [5.74, 6) is -0.717. The molecule has 2 aromatic heterocycles. The van der Waals surface area contributed by atoms with Crippen LogP contribution in [0.4, 0.5) is 15.3 Å². The normalized spacial score (nSPS) is 11.5. The van der Waals surface area contributed by atoms with Gasteiger partial charge in [0.1, 0.15) is 10.0 Å². The van der Waals surface area contributed by atoms with E-state index in [1.54, 1.807) is 25.1 Å². The van der Waals surface area contributed by atoms with Gasteiger partial charge >= 0.3 is 0 Å². The summed E-state index contributed by atoms with van der Waals surface area (Å²) in [6.45, 7) is 4.25. The van der Waals surface area contributed by atoms with Gasteiger partial charge in [0.05, 0.1) is 24.3 Å². The van der Waals surface area contributed by atoms with Gasteiger partial charge in [-0.1, -0.05) is 36.8 Å². The van der Waals surface area contributed by atoms with Crippen LogP contribution in [0.15, 0.2) is 39.6 Å². The maximum absolute atomic E-state index is 14.7. The molecule has 1 aromatic carbocycles. The molecule has 0 atom stereocenters. The molecule has 0 aliphatic heterocycles. The topological polar surface area (TPSA) is 103 Å². The largest absolute Gasteiger partial charge is 0.475 e. The molecule has 0 fully saturated rings. The predicted molar refractivity (Wildman–Crippen MR) is 115 cm³/mol. The van der Waals surface area contributed by atoms with Crippen LogP contribution in [0.1, 0.15) is 31.2 Å². The molecule has 1 N–H and O–H groups in total. The van der Waals surface area contributed by atoms with E-state index in [4.69, 9.17) is 9.47 Å². The van der Waals surface area contributed by atoms with E-state index in [0.29, 0.717) is 19.0 Å². The summed E-state index contributed by atoms with van der Waals surface area (Å²) in [5, 5.41) is 2.92. The van der Waals surface area contributed by atoms with Gasteiger partial charge in [-0.05, 0) is 31.0 Å². The Morgan fingerprint density at radius 2 is 2.06 bits per heavy atom. The molecule has 0 amide bonds. The molecule has 31 heavy (non-hydrogen) atoms. The molecule has 2 heterocycles. The molecule has 0 unspecified atom stereocenters. The number of aromatic nitrogens is 3. The third kappa shape index (κ3) is 5.54. The Labute approximate surface area is 184 Å². The van der Waals surface area contributed by atoms with Crippen LogP contribution in [-0.4, -0.2) is 37.1 Å². The van der Waals surface area contributed by atoms with Gasteiger partial charge in [0, 0.05) is 7.11 Å². The molecule has 0 spiro atoms. The van der Waals surface area contributed by atoms with E-state index in [1.807, 2.05) is 6.92 Å². The first-order valence-corrected chi connectivity index (χ1v) is 11.9. The number of ether oxygens (including phenoxy) is 2. The van der Waals surface area contributed by atoms with E-state index >= 15 is 0 Å². The van der Waals surface area contributed by atoms with Crippen LogP contribution in [0.3, 0.4) is 0 Å². The third-order valence-corrected chi connectivity index (χ3v) is 7.29. The summed E-state index contributed by atoms with van der Waals surface area (Å²) in [6.07, 6.45) is 2.90. The van der Waals surface area contributed by atoms with Crippen LogP contribution in [0.25, 0.3) is 0 Å². The Bertz CT molecular complexity index is 1150. The first-order chi connectivity index (χ1) is 14.8. The van der Waals surface area contributed by atoms with Gasteiger partial charge in [0.2, 0.25) is 15.7 Å². The number of unbranched alkanes of at least 4 members (excludes halogenated alkanes) is 1. The number of nitrogens with zero attached hydrogens (tertiary/aromatic N) is 3. The Morgan fingerprint density at radius 3 is 2.81 bits per heavy atom. The molecule has 3 aromatic rings. The van der Waals surface area contributed by atoms with E-state index < -0.39 is 15.7 Å². The molecule has 3 rings (SSSR count). The van der Waals surface area contributed by atoms with Gasteiger partial charge in [0.15, 0.2) is 10.9 Å². The van der Waals surface area contributed by atoms with Crippen molar-refractivity contribution in [1.29, 1.82) is 0 Å². The lowest BCUT2D eigenvalue weighted by molar-refractivity contribution is 0.184. The molecule has 166 valence electrons. The quantitative estimate of drug-likeness (QED) is 0.442. The number of rotatable bonds is 10. The number of hydrogen-bond donors (Lipinski definition) is 1. The zero-order chi connectivity index (χ0) is 22.4. The highest BCUT2D eigenvalue weighted by molar-refractivity contribution is 7.93. The lowest BCUT2D eigenvalue weighted by atomic mass is 10.2. The molecule has 0 aliphatic rings. The number of nitrogens with one attached hydrogen (secondary N) is 1. The van der Waals surface area contributed by atoms with Crippen LogP contribution in [-0.2, 0) is 21.2 Å². The average molecular weight is 467 g/mol. The van der Waals surface area contributed by atoms with Crippen LogP contribution < -0.4 is 10.1 Å². The fourth-order valence-corrected chi connectivity index (χ4v) is 5.15. The third-order valence-electron chi connectivity index (χ3n) is 4.16. The van der Waals surface area contributed by atoms with E-state index in [9.17, 15) is 12.8 Å². The fraction of sp³-hybridized carbons (Fsp3) is 0.350. The van der Waals surface area contributed by atoms with Crippen molar-refractivity contribution in [2.75, 3.05) is 19.0 Å². The van der Waals surface area contributed by atoms with Crippen molar-refractivity contribution in [3.63, 3.8) is 0 Å². The number of aryl methyl sites for hydroxylation is 1. The first-order valence-electron chi connectivity index (χ1n) is 9.58. The van der Waals surface area contributed by atoms with E-state index in [1.165, 1.54) is 19.4 Å². The Morgan fingerprint density at radius 1 is 1.26 bits per heavy atom. The Kier molecular flexibility index (Phi) is 7.52. The van der Waals surface area contributed by atoms with Gasteiger partial charge in [0.25, 0.3) is 5.88 Å². The highest BCUT2D eigenvalue weighted by atomic mass is 32.2. The van der Waals surface area contributed by atoms with Crippen LogP contribution in [0, 0.1) is 12.7 Å². The summed E-state index contributed by atoms with van der Waals surface area (Å²) in [4.78, 5) is 12.2. The predicted octanol–water partition coefficient (Wildman–Crippen LogP) is 4.28. The zero-order valence-corrected chi connectivity index (χ0v) is 19.0. The van der Waals surface area contributed by atoms with Crippen LogP contribution in [0.5, 0.6) is 5.88 Å². The Balaban J connectivity index is 1.84. The van der Waals surface area contributed by atoms with Crippen molar-refractivity contribution in [2.45, 2.75) is 42.4 Å². The zero-order valence-electron chi connectivity index (χ0n) is 17.4. The molecule has 0 saturated carbocycles. The van der Waals surface area contributed by atoms with Crippen LogP contribution >= 0.6 is 11.3 Å². The number of methoxy groups -OCH3 is 1. The standard InChI is InChI=1S/C20H23FN4O4S2/c1-4-5-9-29-19-17(21)18(23-13(2)24-19)25-20-22-11-16(30-20)31(26,27)15-8-6-7-14(10-15)12-28-3/h6-8,10-11H,4-5,9,12H2,1-3H3,(H,22,23,24,25). The van der Waals surface area contributed by atoms with Crippen molar-refractivity contribution in [3.05, 3.63) is 47.7 Å². The van der Waals surface area contributed by atoms with Crippen molar-refractivity contribution in [2.24, 2.45) is 0 Å². The highest BCUT2D eigenvalue weighted by Crippen LogP contribution is 2.32. The highest BCUT2D eigenvalue weighted by Gasteiger charge is 2.22. The van der Waals surface area contributed by atoms with E-state index in [2.05, 4.69) is 20.3 Å². The maximum atomic E-state index is 14.7. The van der Waals surface area contributed by atoms with Crippen molar-refractivity contribution >= 4 is 32.1 Å². The second kappa shape index (κ2) is 10.1. The molecule has 0 aliphatic carbocycles.